The third kappa shape index (κ3) is 6.19. The monoisotopic (exact) mass is 574 g/mol. The van der Waals surface area contributed by atoms with Crippen LogP contribution in [-0.2, 0) is 21.2 Å². The molecule has 9 nitrogen and oxygen atoms in total. The molecule has 4 aromatic rings. The largest absolute Gasteiger partial charge is 0.514 e. The number of aromatic nitrogens is 1. The molecule has 3 aromatic carbocycles. The van der Waals surface area contributed by atoms with Gasteiger partial charge in [-0.05, 0) is 73.2 Å². The fourth-order valence-corrected chi connectivity index (χ4v) is 4.95. The summed E-state index contributed by atoms with van der Waals surface area (Å²) in [5.74, 6) is -1.68. The highest BCUT2D eigenvalue weighted by atomic mass is 35.5. The molecule has 1 heterocycles. The van der Waals surface area contributed by atoms with Gasteiger partial charge in [-0.1, -0.05) is 11.6 Å². The van der Waals surface area contributed by atoms with E-state index in [1.165, 1.54) is 43.3 Å². The van der Waals surface area contributed by atoms with Crippen LogP contribution in [0.4, 0.5) is 19.3 Å². The maximum atomic E-state index is 14.8. The Morgan fingerprint density at radius 1 is 1.00 bits per heavy atom. The van der Waals surface area contributed by atoms with Crippen molar-refractivity contribution in [1.82, 2.24) is 4.98 Å². The van der Waals surface area contributed by atoms with Crippen LogP contribution in [0, 0.1) is 28.7 Å². The van der Waals surface area contributed by atoms with Gasteiger partial charge in [0, 0.05) is 34.0 Å². The van der Waals surface area contributed by atoms with E-state index in [9.17, 15) is 32.1 Å². The molecule has 0 fully saturated rings. The molecule has 0 bridgehead atoms. The van der Waals surface area contributed by atoms with Crippen LogP contribution in [-0.4, -0.2) is 24.5 Å². The van der Waals surface area contributed by atoms with Crippen molar-refractivity contribution in [3.8, 4) is 16.9 Å². The zero-order valence-corrected chi connectivity index (χ0v) is 21.5. The molecular weight excluding hydrogens is 558 g/mol. The summed E-state index contributed by atoms with van der Waals surface area (Å²) in [4.78, 5) is 26.4. The van der Waals surface area contributed by atoms with Crippen LogP contribution >= 0.6 is 11.6 Å². The SMILES string of the molecule is Cc1nc(S(=O)(=O)c2ccc(Cl)cc2)cc(-c2cc(F)ccc2F)c1COC(=O)Oc1ccc([N+](=O)[O-])cc1. The van der Waals surface area contributed by atoms with Gasteiger partial charge in [-0.3, -0.25) is 10.1 Å². The van der Waals surface area contributed by atoms with Crippen molar-refractivity contribution >= 4 is 33.3 Å². The maximum absolute atomic E-state index is 14.8. The number of nitrogens with zero attached hydrogens (tertiary/aromatic N) is 2. The summed E-state index contributed by atoms with van der Waals surface area (Å²) in [6.07, 6.45) is -1.20. The molecule has 0 amide bonds. The second kappa shape index (κ2) is 11.1. The smallest absolute Gasteiger partial charge is 0.429 e. The minimum atomic E-state index is -4.20. The van der Waals surface area contributed by atoms with E-state index in [1.54, 1.807) is 0 Å². The minimum Gasteiger partial charge on any atom is -0.429 e. The van der Waals surface area contributed by atoms with Gasteiger partial charge in [0.2, 0.25) is 9.84 Å². The quantitative estimate of drug-likeness (QED) is 0.107. The molecule has 0 aliphatic heterocycles. The van der Waals surface area contributed by atoms with E-state index >= 15 is 0 Å². The number of nitro groups is 1. The van der Waals surface area contributed by atoms with Crippen molar-refractivity contribution in [3.63, 3.8) is 0 Å². The molecule has 0 radical (unpaired) electrons. The number of aryl methyl sites for hydroxylation is 1. The summed E-state index contributed by atoms with van der Waals surface area (Å²) in [6.45, 7) is 0.874. The van der Waals surface area contributed by atoms with Gasteiger partial charge in [-0.2, -0.15) is 0 Å². The number of pyridine rings is 1. The van der Waals surface area contributed by atoms with E-state index in [-0.39, 0.29) is 38.7 Å². The van der Waals surface area contributed by atoms with Gasteiger partial charge in [-0.25, -0.2) is 27.0 Å². The summed E-state index contributed by atoms with van der Waals surface area (Å²) >= 11 is 5.86. The molecule has 200 valence electrons. The first kappa shape index (κ1) is 27.6. The molecule has 0 aliphatic rings. The Bertz CT molecular complexity index is 1680. The number of nitro benzene ring substituents is 1. The predicted octanol–water partition coefficient (Wildman–Crippen LogP) is 6.45. The molecule has 0 saturated heterocycles. The van der Waals surface area contributed by atoms with E-state index in [0.29, 0.717) is 5.02 Å². The number of carbonyl (C=O) groups excluding carboxylic acids is 1. The highest BCUT2D eigenvalue weighted by molar-refractivity contribution is 7.91. The van der Waals surface area contributed by atoms with Crippen molar-refractivity contribution < 1.29 is 36.4 Å². The van der Waals surface area contributed by atoms with Crippen LogP contribution in [0.1, 0.15) is 11.3 Å². The standard InChI is InChI=1S/C26H17ClF2N2O7S/c1-15-23(14-37-26(32)38-19-7-5-18(6-8-19)31(33)34)21(22-12-17(28)4-11-24(22)29)13-25(30-15)39(35,36)20-9-2-16(27)3-10-20/h2-13H,14H2,1H3. The average molecular weight is 575 g/mol. The fourth-order valence-electron chi connectivity index (χ4n) is 3.56. The van der Waals surface area contributed by atoms with Gasteiger partial charge in [-0.15, -0.1) is 0 Å². The summed E-state index contributed by atoms with van der Waals surface area (Å²) in [7, 11) is -4.20. The van der Waals surface area contributed by atoms with Crippen LogP contribution in [0.2, 0.25) is 5.02 Å². The van der Waals surface area contributed by atoms with Gasteiger partial charge in [0.15, 0.2) is 5.03 Å². The Morgan fingerprint density at radius 2 is 1.67 bits per heavy atom. The van der Waals surface area contributed by atoms with E-state index in [2.05, 4.69) is 4.98 Å². The molecule has 0 N–H and O–H groups in total. The number of sulfone groups is 1. The average Bonchev–Trinajstić information content (AvgIpc) is 2.89. The Hall–Kier alpha value is -4.42. The molecule has 4 rings (SSSR count). The van der Waals surface area contributed by atoms with E-state index in [4.69, 9.17) is 21.1 Å². The highest BCUT2D eigenvalue weighted by Gasteiger charge is 2.25. The zero-order chi connectivity index (χ0) is 28.3. The number of non-ortho nitro benzene ring substituents is 1. The van der Waals surface area contributed by atoms with Crippen LogP contribution in [0.15, 0.2) is 82.7 Å². The molecule has 0 spiro atoms. The Balaban J connectivity index is 1.70. The first-order valence-corrected chi connectivity index (χ1v) is 12.9. The summed E-state index contributed by atoms with van der Waals surface area (Å²) in [6, 6.07) is 13.7. The number of carbonyl (C=O) groups is 1. The number of benzene rings is 3. The predicted molar refractivity (Wildman–Crippen MR) is 135 cm³/mol. The first-order chi connectivity index (χ1) is 18.5. The van der Waals surface area contributed by atoms with Gasteiger partial charge < -0.3 is 9.47 Å². The van der Waals surface area contributed by atoms with E-state index in [1.807, 2.05) is 0 Å². The molecule has 0 unspecified atom stereocenters. The van der Waals surface area contributed by atoms with Crippen LogP contribution < -0.4 is 4.74 Å². The third-order valence-corrected chi connectivity index (χ3v) is 7.41. The van der Waals surface area contributed by atoms with Gasteiger partial charge in [0.05, 0.1) is 9.82 Å². The third-order valence-electron chi connectivity index (χ3n) is 5.51. The highest BCUT2D eigenvalue weighted by Crippen LogP contribution is 2.33. The Labute approximate surface area is 225 Å². The second-order valence-corrected chi connectivity index (χ2v) is 10.4. The van der Waals surface area contributed by atoms with Gasteiger partial charge >= 0.3 is 6.16 Å². The zero-order valence-electron chi connectivity index (χ0n) is 19.9. The number of ether oxygens (including phenoxy) is 2. The lowest BCUT2D eigenvalue weighted by Gasteiger charge is -2.16. The first-order valence-electron chi connectivity index (χ1n) is 11.0. The summed E-state index contributed by atoms with van der Waals surface area (Å²) in [5, 5.41) is 10.6. The molecule has 1 aromatic heterocycles. The second-order valence-electron chi connectivity index (χ2n) is 8.05. The van der Waals surface area contributed by atoms with Crippen molar-refractivity contribution in [3.05, 3.63) is 111 Å². The van der Waals surface area contributed by atoms with Crippen LogP contribution in [0.3, 0.4) is 0 Å². The summed E-state index contributed by atoms with van der Waals surface area (Å²) < 4.78 is 65.5. The molecule has 0 saturated carbocycles. The number of rotatable bonds is 7. The van der Waals surface area contributed by atoms with Crippen LogP contribution in [0.25, 0.3) is 11.1 Å². The number of hydrogen-bond acceptors (Lipinski definition) is 8. The molecule has 0 atom stereocenters. The minimum absolute atomic E-state index is 0.0405. The van der Waals surface area contributed by atoms with Crippen LogP contribution in [0.5, 0.6) is 5.75 Å². The van der Waals surface area contributed by atoms with Crippen molar-refractivity contribution in [2.75, 3.05) is 0 Å². The number of halogens is 3. The van der Waals surface area contributed by atoms with Gasteiger partial charge in [0.1, 0.15) is 24.0 Å². The molecule has 39 heavy (non-hydrogen) atoms. The fraction of sp³-hybridized carbons (Fsp3) is 0.0769. The maximum Gasteiger partial charge on any atom is 0.514 e. The van der Waals surface area contributed by atoms with Crippen molar-refractivity contribution in [1.29, 1.82) is 0 Å². The lowest BCUT2D eigenvalue weighted by atomic mass is 9.99. The normalized spacial score (nSPS) is 11.2. The topological polar surface area (TPSA) is 126 Å². The van der Waals surface area contributed by atoms with E-state index < -0.39 is 44.2 Å². The van der Waals surface area contributed by atoms with Crippen molar-refractivity contribution in [2.24, 2.45) is 0 Å². The summed E-state index contributed by atoms with van der Waals surface area (Å²) in [5.41, 5.74) is -0.416. The molecular formula is C26H17ClF2N2O7S. The van der Waals surface area contributed by atoms with Crippen molar-refractivity contribution in [2.45, 2.75) is 23.5 Å². The molecule has 13 heteroatoms. The van der Waals surface area contributed by atoms with Gasteiger partial charge in [0.25, 0.3) is 5.69 Å². The Kier molecular flexibility index (Phi) is 7.88. The Morgan fingerprint density at radius 3 is 2.31 bits per heavy atom. The molecule has 0 aliphatic carbocycles. The van der Waals surface area contributed by atoms with E-state index in [0.717, 1.165) is 36.4 Å². The number of hydrogen-bond donors (Lipinski definition) is 0. The lowest BCUT2D eigenvalue weighted by Crippen LogP contribution is -2.13. The lowest BCUT2D eigenvalue weighted by molar-refractivity contribution is -0.384.